The van der Waals surface area contributed by atoms with Crippen LogP contribution in [0.5, 0.6) is 0 Å². The van der Waals surface area contributed by atoms with Crippen LogP contribution in [-0.2, 0) is 36.5 Å². The van der Waals surface area contributed by atoms with Crippen LogP contribution < -0.4 is 86.8 Å². The summed E-state index contributed by atoms with van der Waals surface area (Å²) in [5, 5.41) is 0. The van der Waals surface area contributed by atoms with Crippen molar-refractivity contribution in [3.05, 3.63) is 0 Å². The Labute approximate surface area is 139 Å². The molecule has 0 bridgehead atoms. The summed E-state index contributed by atoms with van der Waals surface area (Å²) < 4.78 is 0. The van der Waals surface area contributed by atoms with Gasteiger partial charge in [-0.3, -0.25) is 0 Å². The number of hydrogen-bond donors (Lipinski definition) is 0. The van der Waals surface area contributed by atoms with Crippen LogP contribution in [0.4, 0.5) is 0 Å². The molecule has 0 saturated heterocycles. The minimum atomic E-state index is 0. The smallest absolute Gasteiger partial charge is 1.00 e. The van der Waals surface area contributed by atoms with E-state index in [9.17, 15) is 0 Å². The summed E-state index contributed by atoms with van der Waals surface area (Å²) in [5.74, 6) is 0. The van der Waals surface area contributed by atoms with Crippen molar-refractivity contribution in [3.8, 4) is 0 Å². The molecule has 10 heavy (non-hydrogen) atoms. The molecule has 0 amide bonds. The topological polar surface area (TPSA) is 0 Å². The van der Waals surface area contributed by atoms with Gasteiger partial charge in [0.1, 0.15) is 0 Å². The third-order valence-electron chi connectivity index (χ3n) is 0. The molecule has 0 aromatic heterocycles. The third kappa shape index (κ3) is 97.7. The van der Waals surface area contributed by atoms with Gasteiger partial charge in [-0.05, 0) is 0 Å². The Morgan fingerprint density at radius 1 is 0.400 bits per heavy atom. The second-order valence-corrected chi connectivity index (χ2v) is 0. The van der Waals surface area contributed by atoms with E-state index in [1.54, 1.807) is 0 Å². The molecule has 0 nitrogen and oxygen atoms in total. The van der Waals surface area contributed by atoms with Crippen LogP contribution in [0, 0.1) is 0 Å². The van der Waals surface area contributed by atoms with Crippen LogP contribution in [0.15, 0.2) is 0 Å². The van der Waals surface area contributed by atoms with E-state index in [1.165, 1.54) is 0 Å². The molecule has 0 aliphatic heterocycles. The van der Waals surface area contributed by atoms with Gasteiger partial charge in [-0.1, -0.05) is 0 Å². The van der Waals surface area contributed by atoms with E-state index in [1.807, 2.05) is 0 Å². The molecule has 0 aliphatic rings. The Kier molecular flexibility index (Phi) is 2040. The van der Waals surface area contributed by atoms with Crippen LogP contribution in [0.25, 0.3) is 0 Å². The zero-order chi connectivity index (χ0) is 0. The van der Waals surface area contributed by atoms with Crippen LogP contribution in [-0.4, -0.2) is 17.4 Å². The predicted octanol–water partition coefficient (Wildman–Crippen LogP) is -21.4. The minimum Gasteiger partial charge on any atom is -1.00 e. The fourth-order valence-electron chi connectivity index (χ4n) is 0. The predicted molar refractivity (Wildman–Crippen MR) is 5.75 cm³/mol. The fourth-order valence-corrected chi connectivity index (χ4v) is 0. The molecule has 10 heteroatoms. The van der Waals surface area contributed by atoms with Gasteiger partial charge in [0, 0.05) is 0 Å². The van der Waals surface area contributed by atoms with E-state index >= 15 is 0 Å². The number of hydrogen-bond acceptors (Lipinski definition) is 0. The van der Waals surface area contributed by atoms with E-state index in [4.69, 9.17) is 0 Å². The van der Waals surface area contributed by atoms with E-state index in [2.05, 4.69) is 0 Å². The van der Waals surface area contributed by atoms with Gasteiger partial charge in [-0.25, -0.2) is 0 Å². The van der Waals surface area contributed by atoms with Gasteiger partial charge in [0.05, 0.1) is 0 Å². The molecule has 0 heterocycles. The first-order valence-electron chi connectivity index (χ1n) is 0. The van der Waals surface area contributed by atoms with Crippen LogP contribution in [0.2, 0.25) is 0 Å². The SMILES string of the molecule is [Al+3].[Cl-].[Cl-].[Cl-].[Cl-].[Cl-].[Cl-].[Cl-].[Fe+2].[Zn+2]. The van der Waals surface area contributed by atoms with Crippen LogP contribution in [0.3, 0.4) is 0 Å². The molecule has 0 aliphatic carbocycles. The van der Waals surface area contributed by atoms with Gasteiger partial charge in [0.15, 0.2) is 0 Å². The quantitative estimate of drug-likeness (QED) is 0.357. The molecule has 0 aromatic carbocycles. The maximum absolute atomic E-state index is 0. The van der Waals surface area contributed by atoms with Crippen molar-refractivity contribution in [2.45, 2.75) is 0 Å². The van der Waals surface area contributed by atoms with Crippen molar-refractivity contribution < 1.29 is 123 Å². The van der Waals surface area contributed by atoms with Crippen molar-refractivity contribution in [1.82, 2.24) is 0 Å². The second-order valence-electron chi connectivity index (χ2n) is 0. The average molecular weight is 396 g/mol. The zero-order valence-corrected chi connectivity index (χ0v) is 14.8. The molecule has 62 valence electrons. The Hall–Kier alpha value is 3.71. The summed E-state index contributed by atoms with van der Waals surface area (Å²) in [7, 11) is 0. The summed E-state index contributed by atoms with van der Waals surface area (Å²) in [6, 6.07) is 0. The maximum atomic E-state index is 0. The van der Waals surface area contributed by atoms with Gasteiger partial charge < -0.3 is 86.8 Å². The van der Waals surface area contributed by atoms with Crippen molar-refractivity contribution in [3.63, 3.8) is 0 Å². The Balaban J connectivity index is 0. The summed E-state index contributed by atoms with van der Waals surface area (Å²) in [6.07, 6.45) is 0. The summed E-state index contributed by atoms with van der Waals surface area (Å²) >= 11 is 0. The van der Waals surface area contributed by atoms with Gasteiger partial charge in [0.2, 0.25) is 0 Å². The van der Waals surface area contributed by atoms with E-state index in [-0.39, 0.29) is 141 Å². The van der Waals surface area contributed by atoms with E-state index in [0.717, 1.165) is 0 Å². The van der Waals surface area contributed by atoms with Crippen molar-refractivity contribution >= 4 is 17.4 Å². The molecule has 0 unspecified atom stereocenters. The first-order chi connectivity index (χ1) is 0. The minimum absolute atomic E-state index is 0. The third-order valence-corrected chi connectivity index (χ3v) is 0. The van der Waals surface area contributed by atoms with Gasteiger partial charge in [-0.2, -0.15) is 0 Å². The molecule has 0 aromatic rings. The summed E-state index contributed by atoms with van der Waals surface area (Å²) in [4.78, 5) is 0. The monoisotopic (exact) mass is 392 g/mol. The molecule has 0 spiro atoms. The van der Waals surface area contributed by atoms with Crippen molar-refractivity contribution in [2.75, 3.05) is 0 Å². The van der Waals surface area contributed by atoms with Crippen molar-refractivity contribution in [2.24, 2.45) is 0 Å². The molecule has 0 radical (unpaired) electrons. The maximum Gasteiger partial charge on any atom is 3.00 e. The van der Waals surface area contributed by atoms with Gasteiger partial charge in [-0.15, -0.1) is 0 Å². The molecule has 0 fully saturated rings. The fraction of sp³-hybridized carbons (Fsp3) is 0. The number of rotatable bonds is 0. The molecule has 0 atom stereocenters. The van der Waals surface area contributed by atoms with Crippen LogP contribution >= 0.6 is 0 Å². The second kappa shape index (κ2) is 127. The Morgan fingerprint density at radius 3 is 0.400 bits per heavy atom. The summed E-state index contributed by atoms with van der Waals surface area (Å²) in [5.41, 5.74) is 0. The molecule has 0 N–H and O–H groups in total. The normalized spacial score (nSPS) is 0. The zero-order valence-electron chi connectivity index (χ0n) is 4.28. The number of halogens is 7. The first-order valence-corrected chi connectivity index (χ1v) is 0. The standard InChI is InChI=1S/Al.7ClH.Fe.Zn/h;7*1H;;/q+3;;;;;;;;2*+2/p-7. The summed E-state index contributed by atoms with van der Waals surface area (Å²) in [6.45, 7) is 0. The van der Waals surface area contributed by atoms with Crippen molar-refractivity contribution in [1.29, 1.82) is 0 Å². The van der Waals surface area contributed by atoms with Gasteiger partial charge in [0.25, 0.3) is 0 Å². The molecule has 0 rings (SSSR count). The average Bonchev–Trinajstić information content (AvgIpc) is 0. The van der Waals surface area contributed by atoms with Crippen LogP contribution in [0.1, 0.15) is 0 Å². The largest absolute Gasteiger partial charge is 3.00 e. The Bertz CT molecular complexity index is 13.6. The van der Waals surface area contributed by atoms with E-state index in [0.29, 0.717) is 0 Å². The Morgan fingerprint density at radius 2 is 0.400 bits per heavy atom. The first kappa shape index (κ1) is 161. The molecule has 0 saturated carbocycles. The molecular formula is AlCl7FeZn. The van der Waals surface area contributed by atoms with E-state index < -0.39 is 0 Å². The molecular weight excluding hydrogens is 396 g/mol. The van der Waals surface area contributed by atoms with Gasteiger partial charge >= 0.3 is 53.9 Å².